The standard InChI is InChI=1S/C15H23BrN4O/c1-15(2,3)20-14(17-4)19-10-9-18-13(21)11-5-7-12(16)8-6-11/h5-8H,9-10H2,1-4H3,(H,18,21)(H2,17,19,20). The molecule has 0 saturated carbocycles. The van der Waals surface area contributed by atoms with Gasteiger partial charge in [-0.3, -0.25) is 9.79 Å². The fourth-order valence-electron chi connectivity index (χ4n) is 1.59. The molecule has 0 aliphatic heterocycles. The van der Waals surface area contributed by atoms with Crippen LogP contribution in [-0.2, 0) is 0 Å². The molecule has 0 aliphatic rings. The molecule has 1 rings (SSSR count). The highest BCUT2D eigenvalue weighted by Gasteiger charge is 2.11. The van der Waals surface area contributed by atoms with Gasteiger partial charge in [0.25, 0.3) is 5.91 Å². The van der Waals surface area contributed by atoms with Gasteiger partial charge in [-0.05, 0) is 45.0 Å². The molecule has 0 radical (unpaired) electrons. The number of aliphatic imine (C=N–C) groups is 1. The maximum Gasteiger partial charge on any atom is 0.251 e. The first-order chi connectivity index (χ1) is 9.81. The lowest BCUT2D eigenvalue weighted by Crippen LogP contribution is -2.49. The first kappa shape index (κ1) is 17.5. The zero-order valence-corrected chi connectivity index (χ0v) is 14.5. The summed E-state index contributed by atoms with van der Waals surface area (Å²) in [5, 5.41) is 9.27. The predicted molar refractivity (Wildman–Crippen MR) is 90.7 cm³/mol. The van der Waals surface area contributed by atoms with Crippen LogP contribution >= 0.6 is 15.9 Å². The van der Waals surface area contributed by atoms with Gasteiger partial charge in [0.05, 0.1) is 0 Å². The molecule has 0 fully saturated rings. The van der Waals surface area contributed by atoms with Crippen molar-refractivity contribution < 1.29 is 4.79 Å². The highest BCUT2D eigenvalue weighted by atomic mass is 79.9. The molecular formula is C15H23BrN4O. The molecule has 1 amide bonds. The molecule has 0 heterocycles. The topological polar surface area (TPSA) is 65.5 Å². The second-order valence-corrected chi connectivity index (χ2v) is 6.55. The number of hydrogen-bond acceptors (Lipinski definition) is 2. The normalized spacial score (nSPS) is 12.0. The summed E-state index contributed by atoms with van der Waals surface area (Å²) in [4.78, 5) is 16.0. The molecular weight excluding hydrogens is 332 g/mol. The molecule has 6 heteroatoms. The third-order valence-corrected chi connectivity index (χ3v) is 3.06. The molecule has 5 nitrogen and oxygen atoms in total. The summed E-state index contributed by atoms with van der Waals surface area (Å²) in [5.41, 5.74) is 0.595. The number of guanidine groups is 1. The molecule has 0 aliphatic carbocycles. The van der Waals surface area contributed by atoms with Gasteiger partial charge >= 0.3 is 0 Å². The second-order valence-electron chi connectivity index (χ2n) is 5.64. The Morgan fingerprint density at radius 1 is 1.14 bits per heavy atom. The highest BCUT2D eigenvalue weighted by Crippen LogP contribution is 2.10. The van der Waals surface area contributed by atoms with Gasteiger partial charge < -0.3 is 16.0 Å². The Morgan fingerprint density at radius 2 is 1.71 bits per heavy atom. The van der Waals surface area contributed by atoms with Crippen molar-refractivity contribution in [2.45, 2.75) is 26.3 Å². The van der Waals surface area contributed by atoms with Crippen molar-refractivity contribution in [3.8, 4) is 0 Å². The van der Waals surface area contributed by atoms with Gasteiger partial charge in [-0.2, -0.15) is 0 Å². The monoisotopic (exact) mass is 354 g/mol. The van der Waals surface area contributed by atoms with E-state index in [0.717, 1.165) is 10.4 Å². The average Bonchev–Trinajstić information content (AvgIpc) is 2.41. The van der Waals surface area contributed by atoms with E-state index < -0.39 is 0 Å². The van der Waals surface area contributed by atoms with Crippen LogP contribution < -0.4 is 16.0 Å². The van der Waals surface area contributed by atoms with Crippen LogP contribution in [0.3, 0.4) is 0 Å². The minimum absolute atomic E-state index is 0.0531. The van der Waals surface area contributed by atoms with Gasteiger partial charge in [0, 0.05) is 35.7 Å². The van der Waals surface area contributed by atoms with Crippen LogP contribution in [0.15, 0.2) is 33.7 Å². The van der Waals surface area contributed by atoms with Gasteiger partial charge in [0.15, 0.2) is 5.96 Å². The number of hydrogen-bond donors (Lipinski definition) is 3. The molecule has 0 bridgehead atoms. The van der Waals surface area contributed by atoms with Gasteiger partial charge in [-0.25, -0.2) is 0 Å². The zero-order chi connectivity index (χ0) is 15.9. The number of nitrogens with one attached hydrogen (secondary N) is 3. The fourth-order valence-corrected chi connectivity index (χ4v) is 1.86. The lowest BCUT2D eigenvalue weighted by molar-refractivity contribution is 0.0954. The summed E-state index contributed by atoms with van der Waals surface area (Å²) in [6, 6.07) is 7.27. The summed E-state index contributed by atoms with van der Waals surface area (Å²) in [7, 11) is 1.72. The number of benzene rings is 1. The van der Waals surface area contributed by atoms with Crippen molar-refractivity contribution in [2.75, 3.05) is 20.1 Å². The quantitative estimate of drug-likeness (QED) is 0.441. The Labute approximate surface area is 134 Å². The van der Waals surface area contributed by atoms with Gasteiger partial charge in [0.2, 0.25) is 0 Å². The molecule has 1 aromatic rings. The SMILES string of the molecule is CN=C(NCCNC(=O)c1ccc(Br)cc1)NC(C)(C)C. The summed E-state index contributed by atoms with van der Waals surface area (Å²) in [5.74, 6) is 0.642. The molecule has 116 valence electrons. The van der Waals surface area contributed by atoms with E-state index in [1.54, 1.807) is 19.2 Å². The lowest BCUT2D eigenvalue weighted by Gasteiger charge is -2.23. The van der Waals surface area contributed by atoms with Crippen LogP contribution in [0.1, 0.15) is 31.1 Å². The van der Waals surface area contributed by atoms with Crippen molar-refractivity contribution >= 4 is 27.8 Å². The summed E-state index contributed by atoms with van der Waals surface area (Å²) >= 11 is 3.34. The van der Waals surface area contributed by atoms with Crippen molar-refractivity contribution in [1.82, 2.24) is 16.0 Å². The molecule has 1 aromatic carbocycles. The van der Waals surface area contributed by atoms with Crippen molar-refractivity contribution in [3.05, 3.63) is 34.3 Å². The third-order valence-electron chi connectivity index (χ3n) is 2.53. The average molecular weight is 355 g/mol. The summed E-state index contributed by atoms with van der Waals surface area (Å²) in [6.45, 7) is 7.33. The molecule has 0 atom stereocenters. The highest BCUT2D eigenvalue weighted by molar-refractivity contribution is 9.10. The Kier molecular flexibility index (Phi) is 6.68. The van der Waals surface area contributed by atoms with Crippen LogP contribution in [0, 0.1) is 0 Å². The minimum atomic E-state index is -0.0805. The Bertz CT molecular complexity index is 491. The summed E-state index contributed by atoms with van der Waals surface area (Å²) in [6.07, 6.45) is 0. The number of amides is 1. The number of rotatable bonds is 4. The largest absolute Gasteiger partial charge is 0.355 e. The van der Waals surface area contributed by atoms with E-state index in [0.29, 0.717) is 18.7 Å². The van der Waals surface area contributed by atoms with E-state index in [-0.39, 0.29) is 11.4 Å². The van der Waals surface area contributed by atoms with E-state index in [9.17, 15) is 4.79 Å². The number of carbonyl (C=O) groups is 1. The maximum absolute atomic E-state index is 11.9. The van der Waals surface area contributed by atoms with Crippen LogP contribution in [0.25, 0.3) is 0 Å². The van der Waals surface area contributed by atoms with Gasteiger partial charge in [-0.1, -0.05) is 15.9 Å². The number of nitrogens with zero attached hydrogens (tertiary/aromatic N) is 1. The van der Waals surface area contributed by atoms with Crippen LogP contribution in [0.5, 0.6) is 0 Å². The Balaban J connectivity index is 2.33. The first-order valence-electron chi connectivity index (χ1n) is 6.84. The van der Waals surface area contributed by atoms with E-state index in [1.165, 1.54) is 0 Å². The zero-order valence-electron chi connectivity index (χ0n) is 13.0. The van der Waals surface area contributed by atoms with Crippen LogP contribution in [0.2, 0.25) is 0 Å². The van der Waals surface area contributed by atoms with E-state index in [4.69, 9.17) is 0 Å². The van der Waals surface area contributed by atoms with E-state index >= 15 is 0 Å². The molecule has 21 heavy (non-hydrogen) atoms. The molecule has 0 unspecified atom stereocenters. The molecule has 0 aromatic heterocycles. The lowest BCUT2D eigenvalue weighted by atomic mass is 10.1. The summed E-state index contributed by atoms with van der Waals surface area (Å²) < 4.78 is 0.956. The van der Waals surface area contributed by atoms with Crippen molar-refractivity contribution in [1.29, 1.82) is 0 Å². The number of halogens is 1. The Morgan fingerprint density at radius 3 is 2.24 bits per heavy atom. The van der Waals surface area contributed by atoms with Gasteiger partial charge in [-0.15, -0.1) is 0 Å². The van der Waals surface area contributed by atoms with E-state index in [1.807, 2.05) is 12.1 Å². The molecule has 0 saturated heterocycles. The minimum Gasteiger partial charge on any atom is -0.355 e. The smallest absolute Gasteiger partial charge is 0.251 e. The van der Waals surface area contributed by atoms with Crippen molar-refractivity contribution in [3.63, 3.8) is 0 Å². The first-order valence-corrected chi connectivity index (χ1v) is 7.64. The maximum atomic E-state index is 11.9. The Hall–Kier alpha value is -1.56. The molecule has 0 spiro atoms. The van der Waals surface area contributed by atoms with Crippen LogP contribution in [0.4, 0.5) is 0 Å². The third kappa shape index (κ3) is 7.13. The number of carbonyl (C=O) groups excluding carboxylic acids is 1. The second kappa shape index (κ2) is 8.02. The van der Waals surface area contributed by atoms with Gasteiger partial charge in [0.1, 0.15) is 0 Å². The predicted octanol–water partition coefficient (Wildman–Crippen LogP) is 2.14. The molecule has 3 N–H and O–H groups in total. The fraction of sp³-hybridized carbons (Fsp3) is 0.467. The van der Waals surface area contributed by atoms with E-state index in [2.05, 4.69) is 57.6 Å². The van der Waals surface area contributed by atoms with Crippen LogP contribution in [-0.4, -0.2) is 37.5 Å². The van der Waals surface area contributed by atoms with Crippen molar-refractivity contribution in [2.24, 2.45) is 4.99 Å².